The van der Waals surface area contributed by atoms with Gasteiger partial charge >= 0.3 is 0 Å². The molecule has 0 aromatic heterocycles. The molecule has 176 valence electrons. The highest BCUT2D eigenvalue weighted by molar-refractivity contribution is 14.0. The Balaban J connectivity index is 0.00000341. The Kier molecular flexibility index (Phi) is 12.4. The van der Waals surface area contributed by atoms with Gasteiger partial charge < -0.3 is 15.5 Å². The summed E-state index contributed by atoms with van der Waals surface area (Å²) in [7, 11) is -0.684. The topological polar surface area (TPSA) is 56.7 Å². The largest absolute Gasteiger partial charge is 0.357 e. The van der Waals surface area contributed by atoms with Gasteiger partial charge in [-0.2, -0.15) is 0 Å². The zero-order valence-electron chi connectivity index (χ0n) is 19.2. The first kappa shape index (κ1) is 26.6. The van der Waals surface area contributed by atoms with Crippen LogP contribution in [0.4, 0.5) is 0 Å². The zero-order valence-corrected chi connectivity index (χ0v) is 22.4. The SMILES string of the molecule is CCNC(=NCC1CCN(CCc2ccccc2)C1)NC1CCCC(S(=O)CC)C1.I. The van der Waals surface area contributed by atoms with Gasteiger partial charge in [0, 0.05) is 54.0 Å². The molecule has 1 aromatic rings. The van der Waals surface area contributed by atoms with Crippen molar-refractivity contribution in [2.24, 2.45) is 10.9 Å². The summed E-state index contributed by atoms with van der Waals surface area (Å²) in [5.74, 6) is 2.35. The van der Waals surface area contributed by atoms with Crippen molar-refractivity contribution in [3.05, 3.63) is 35.9 Å². The van der Waals surface area contributed by atoms with E-state index in [4.69, 9.17) is 4.99 Å². The molecule has 2 aliphatic rings. The number of benzene rings is 1. The summed E-state index contributed by atoms with van der Waals surface area (Å²) in [5.41, 5.74) is 1.42. The number of hydrogen-bond acceptors (Lipinski definition) is 3. The van der Waals surface area contributed by atoms with Crippen LogP contribution in [-0.2, 0) is 17.2 Å². The van der Waals surface area contributed by atoms with E-state index < -0.39 is 10.8 Å². The molecule has 1 aromatic carbocycles. The third kappa shape index (κ3) is 9.00. The van der Waals surface area contributed by atoms with E-state index in [1.165, 1.54) is 18.5 Å². The van der Waals surface area contributed by atoms with Crippen LogP contribution in [-0.4, -0.2) is 64.8 Å². The highest BCUT2D eigenvalue weighted by Gasteiger charge is 2.26. The maximum atomic E-state index is 12.2. The lowest BCUT2D eigenvalue weighted by Crippen LogP contribution is -2.46. The van der Waals surface area contributed by atoms with Crippen LogP contribution in [0, 0.1) is 5.92 Å². The third-order valence-electron chi connectivity index (χ3n) is 6.40. The van der Waals surface area contributed by atoms with Gasteiger partial charge in [0.2, 0.25) is 0 Å². The van der Waals surface area contributed by atoms with Crippen LogP contribution in [0.3, 0.4) is 0 Å². The first-order valence-electron chi connectivity index (χ1n) is 11.9. The fraction of sp³-hybridized carbons (Fsp3) is 0.708. The number of guanidine groups is 1. The first-order chi connectivity index (χ1) is 14.7. The number of aliphatic imine (C=N–C) groups is 1. The smallest absolute Gasteiger partial charge is 0.191 e. The quantitative estimate of drug-likeness (QED) is 0.274. The Hall–Kier alpha value is -0.670. The lowest BCUT2D eigenvalue weighted by Gasteiger charge is -2.30. The van der Waals surface area contributed by atoms with Crippen LogP contribution in [0.5, 0.6) is 0 Å². The molecule has 0 radical (unpaired) electrons. The number of nitrogens with zero attached hydrogens (tertiary/aromatic N) is 2. The van der Waals surface area contributed by atoms with Crippen LogP contribution in [0.1, 0.15) is 51.5 Å². The second kappa shape index (κ2) is 14.5. The highest BCUT2D eigenvalue weighted by Crippen LogP contribution is 2.23. The molecule has 1 aliphatic heterocycles. The molecular weight excluding hydrogens is 519 g/mol. The van der Waals surface area contributed by atoms with E-state index in [0.717, 1.165) is 70.0 Å². The molecule has 1 saturated heterocycles. The fourth-order valence-electron chi connectivity index (χ4n) is 4.68. The minimum Gasteiger partial charge on any atom is -0.357 e. The lowest BCUT2D eigenvalue weighted by molar-refractivity contribution is 0.329. The number of nitrogens with one attached hydrogen (secondary N) is 2. The van der Waals surface area contributed by atoms with E-state index in [1.54, 1.807) is 0 Å². The minimum atomic E-state index is -0.684. The van der Waals surface area contributed by atoms with Gasteiger partial charge in [-0.25, -0.2) is 0 Å². The molecule has 3 rings (SSSR count). The standard InChI is InChI=1S/C24H40N4OS.HI/c1-3-25-24(27-22-11-8-12-23(17-22)30(29)4-2)26-18-21-14-16-28(19-21)15-13-20-9-6-5-7-10-20;/h5-7,9-10,21-23H,3-4,8,11-19H2,1-2H3,(H2,25,26,27);1H. The van der Waals surface area contributed by atoms with Crippen LogP contribution < -0.4 is 10.6 Å². The highest BCUT2D eigenvalue weighted by atomic mass is 127. The second-order valence-electron chi connectivity index (χ2n) is 8.71. The van der Waals surface area contributed by atoms with Crippen molar-refractivity contribution in [1.29, 1.82) is 0 Å². The van der Waals surface area contributed by atoms with E-state index in [1.807, 2.05) is 6.92 Å². The summed E-state index contributed by atoms with van der Waals surface area (Å²) in [6.07, 6.45) is 6.78. The Morgan fingerprint density at radius 3 is 2.74 bits per heavy atom. The van der Waals surface area contributed by atoms with Gasteiger partial charge in [0.25, 0.3) is 0 Å². The normalized spacial score (nSPS) is 25.6. The molecule has 2 fully saturated rings. The predicted molar refractivity (Wildman–Crippen MR) is 144 cm³/mol. The summed E-state index contributed by atoms with van der Waals surface area (Å²) in [6.45, 7) is 9.38. The molecule has 0 bridgehead atoms. The molecule has 31 heavy (non-hydrogen) atoms. The molecule has 4 unspecified atom stereocenters. The van der Waals surface area contributed by atoms with E-state index in [9.17, 15) is 4.21 Å². The van der Waals surface area contributed by atoms with Gasteiger partial charge in [0.15, 0.2) is 5.96 Å². The van der Waals surface area contributed by atoms with Gasteiger partial charge in [-0.15, -0.1) is 24.0 Å². The molecule has 5 nitrogen and oxygen atoms in total. The number of likely N-dealkylation sites (tertiary alicyclic amines) is 1. The Morgan fingerprint density at radius 2 is 2.00 bits per heavy atom. The van der Waals surface area contributed by atoms with Crippen molar-refractivity contribution in [2.75, 3.05) is 38.5 Å². The van der Waals surface area contributed by atoms with Crippen molar-refractivity contribution in [3.63, 3.8) is 0 Å². The summed E-state index contributed by atoms with van der Waals surface area (Å²) < 4.78 is 12.2. The molecule has 7 heteroatoms. The third-order valence-corrected chi connectivity index (χ3v) is 8.15. The van der Waals surface area contributed by atoms with E-state index >= 15 is 0 Å². The monoisotopic (exact) mass is 560 g/mol. The van der Waals surface area contributed by atoms with E-state index in [0.29, 0.717) is 17.2 Å². The molecule has 1 aliphatic carbocycles. The lowest BCUT2D eigenvalue weighted by atomic mass is 9.95. The van der Waals surface area contributed by atoms with Crippen LogP contribution >= 0.6 is 24.0 Å². The maximum Gasteiger partial charge on any atom is 0.191 e. The zero-order chi connectivity index (χ0) is 21.2. The van der Waals surface area contributed by atoms with Gasteiger partial charge in [-0.05, 0) is 57.1 Å². The molecule has 4 atom stereocenters. The molecule has 1 heterocycles. The van der Waals surface area contributed by atoms with E-state index in [-0.39, 0.29) is 24.0 Å². The molecule has 2 N–H and O–H groups in total. The molecule has 1 saturated carbocycles. The average Bonchev–Trinajstić information content (AvgIpc) is 3.24. The molecule has 0 amide bonds. The van der Waals surface area contributed by atoms with Crippen LogP contribution in [0.15, 0.2) is 35.3 Å². The summed E-state index contributed by atoms with van der Waals surface area (Å²) in [4.78, 5) is 7.51. The Morgan fingerprint density at radius 1 is 1.19 bits per heavy atom. The molecular formula is C24H41IN4OS. The van der Waals surface area contributed by atoms with Gasteiger partial charge in [0.05, 0.1) is 0 Å². The van der Waals surface area contributed by atoms with Crippen molar-refractivity contribution < 1.29 is 4.21 Å². The summed E-state index contributed by atoms with van der Waals surface area (Å²) in [5, 5.41) is 7.40. The van der Waals surface area contributed by atoms with Crippen molar-refractivity contribution in [1.82, 2.24) is 15.5 Å². The maximum absolute atomic E-state index is 12.2. The Labute approximate surface area is 208 Å². The van der Waals surface area contributed by atoms with Gasteiger partial charge in [-0.1, -0.05) is 43.7 Å². The predicted octanol–water partition coefficient (Wildman–Crippen LogP) is 3.80. The fourth-order valence-corrected chi connectivity index (χ4v) is 6.03. The Bertz CT molecular complexity index is 687. The average molecular weight is 561 g/mol. The number of hydrogen-bond donors (Lipinski definition) is 2. The second-order valence-corrected chi connectivity index (χ2v) is 10.7. The minimum absolute atomic E-state index is 0. The number of rotatable bonds is 9. The van der Waals surface area contributed by atoms with Crippen molar-refractivity contribution in [2.45, 2.75) is 63.7 Å². The van der Waals surface area contributed by atoms with Crippen LogP contribution in [0.25, 0.3) is 0 Å². The summed E-state index contributed by atoms with van der Waals surface area (Å²) in [6, 6.07) is 11.2. The van der Waals surface area contributed by atoms with Gasteiger partial charge in [0.1, 0.15) is 0 Å². The summed E-state index contributed by atoms with van der Waals surface area (Å²) >= 11 is 0. The number of halogens is 1. The first-order valence-corrected chi connectivity index (χ1v) is 13.2. The van der Waals surface area contributed by atoms with Gasteiger partial charge in [-0.3, -0.25) is 9.20 Å². The van der Waals surface area contributed by atoms with Crippen molar-refractivity contribution in [3.8, 4) is 0 Å². The molecule has 0 spiro atoms. The van der Waals surface area contributed by atoms with E-state index in [2.05, 4.69) is 52.8 Å². The van der Waals surface area contributed by atoms with Crippen LogP contribution in [0.2, 0.25) is 0 Å². The van der Waals surface area contributed by atoms with Crippen molar-refractivity contribution >= 4 is 40.7 Å².